The van der Waals surface area contributed by atoms with Gasteiger partial charge in [-0.1, -0.05) is 5.10 Å². The number of sulfonamides is 1. The highest BCUT2D eigenvalue weighted by molar-refractivity contribution is 7.89. The third-order valence-corrected chi connectivity index (χ3v) is 6.00. The number of benzene rings is 1. The van der Waals surface area contributed by atoms with Gasteiger partial charge < -0.3 is 14.4 Å². The highest BCUT2D eigenvalue weighted by Crippen LogP contribution is 2.23. The van der Waals surface area contributed by atoms with Crippen LogP contribution in [-0.2, 0) is 19.5 Å². The third-order valence-electron chi connectivity index (χ3n) is 4.08. The lowest BCUT2D eigenvalue weighted by molar-refractivity contribution is 0.146. The van der Waals surface area contributed by atoms with Crippen molar-refractivity contribution in [2.24, 2.45) is 5.10 Å². The molecule has 3 rings (SSSR count). The van der Waals surface area contributed by atoms with Crippen LogP contribution in [0.15, 0.2) is 34.3 Å². The van der Waals surface area contributed by atoms with E-state index in [1.165, 1.54) is 4.31 Å². The lowest BCUT2D eigenvalue weighted by Crippen LogP contribution is -2.46. The van der Waals surface area contributed by atoms with Crippen LogP contribution in [0.2, 0.25) is 0 Å². The lowest BCUT2D eigenvalue weighted by Gasteiger charge is -2.31. The Morgan fingerprint density at radius 3 is 2.36 bits per heavy atom. The van der Waals surface area contributed by atoms with E-state index in [9.17, 15) is 8.42 Å². The Kier molecular flexibility index (Phi) is 5.16. The van der Waals surface area contributed by atoms with E-state index in [0.717, 1.165) is 18.8 Å². The summed E-state index contributed by atoms with van der Waals surface area (Å²) in [5.41, 5.74) is 0.750. The number of ether oxygens (including phenoxy) is 2. The van der Waals surface area contributed by atoms with E-state index in [4.69, 9.17) is 9.47 Å². The molecule has 0 bridgehead atoms. The molecule has 0 atom stereocenters. The van der Waals surface area contributed by atoms with Crippen LogP contribution in [0.4, 0.5) is 5.69 Å². The average Bonchev–Trinajstić information content (AvgIpc) is 3.03. The molecular weight excluding hydrogens is 344 g/mol. The van der Waals surface area contributed by atoms with Crippen molar-refractivity contribution in [1.82, 2.24) is 9.21 Å². The Morgan fingerprint density at radius 2 is 1.76 bits per heavy atom. The molecule has 8 nitrogen and oxygen atoms in total. The molecule has 2 aliphatic heterocycles. The lowest BCUT2D eigenvalue weighted by atomic mass is 10.3. The zero-order valence-corrected chi connectivity index (χ0v) is 15.6. The predicted octanol–water partition coefficient (Wildman–Crippen LogP) is 1.11. The second-order valence-corrected chi connectivity index (χ2v) is 8.34. The molecule has 1 saturated heterocycles. The molecule has 1 aromatic carbocycles. The van der Waals surface area contributed by atoms with Crippen molar-refractivity contribution < 1.29 is 17.9 Å². The summed E-state index contributed by atoms with van der Waals surface area (Å²) in [4.78, 5) is 2.42. The van der Waals surface area contributed by atoms with Gasteiger partial charge in [0.15, 0.2) is 6.73 Å². The second kappa shape index (κ2) is 7.19. The molecule has 2 aliphatic rings. The van der Waals surface area contributed by atoms with E-state index in [-0.39, 0.29) is 18.9 Å². The van der Waals surface area contributed by atoms with E-state index in [1.54, 1.807) is 29.3 Å². The second-order valence-electron chi connectivity index (χ2n) is 6.41. The van der Waals surface area contributed by atoms with Crippen molar-refractivity contribution in [3.05, 3.63) is 24.3 Å². The first kappa shape index (κ1) is 18.0. The third kappa shape index (κ3) is 4.05. The molecule has 0 aromatic heterocycles. The standard InChI is InChI=1S/C16H24N4O4S/c1-13(2)24-16-17-20(12-23-16)14-4-6-15(7-5-14)25(21,22)19-10-8-18(3)9-11-19/h4-7,13H,8-12H2,1-3H3. The van der Waals surface area contributed by atoms with Crippen molar-refractivity contribution in [2.45, 2.75) is 24.8 Å². The topological polar surface area (TPSA) is 74.7 Å². The number of anilines is 1. The first-order valence-corrected chi connectivity index (χ1v) is 9.74. The molecule has 0 N–H and O–H groups in total. The van der Waals surface area contributed by atoms with Gasteiger partial charge in [-0.25, -0.2) is 13.4 Å². The number of piperazine rings is 1. The van der Waals surface area contributed by atoms with E-state index in [0.29, 0.717) is 18.0 Å². The van der Waals surface area contributed by atoms with E-state index in [1.807, 2.05) is 20.9 Å². The fraction of sp³-hybridized carbons (Fsp3) is 0.562. The van der Waals surface area contributed by atoms with Crippen LogP contribution in [0.5, 0.6) is 0 Å². The Bertz CT molecular complexity index is 725. The molecule has 0 saturated carbocycles. The van der Waals surface area contributed by atoms with Gasteiger partial charge in [0, 0.05) is 26.2 Å². The smallest absolute Gasteiger partial charge is 0.408 e. The molecule has 0 radical (unpaired) electrons. The van der Waals surface area contributed by atoms with Crippen LogP contribution < -0.4 is 5.01 Å². The summed E-state index contributed by atoms with van der Waals surface area (Å²) in [6.45, 7) is 6.55. The van der Waals surface area contributed by atoms with Crippen LogP contribution in [0.25, 0.3) is 0 Å². The maximum absolute atomic E-state index is 12.7. The first-order valence-electron chi connectivity index (χ1n) is 8.30. The Morgan fingerprint density at radius 1 is 1.12 bits per heavy atom. The molecular formula is C16H24N4O4S. The summed E-state index contributed by atoms with van der Waals surface area (Å²) in [5, 5.41) is 5.86. The fourth-order valence-corrected chi connectivity index (χ4v) is 4.05. The maximum atomic E-state index is 12.7. The molecule has 9 heteroatoms. The molecule has 1 aromatic rings. The maximum Gasteiger partial charge on any atom is 0.408 e. The van der Waals surface area contributed by atoms with Crippen molar-refractivity contribution in [2.75, 3.05) is 45.0 Å². The van der Waals surface area contributed by atoms with Gasteiger partial charge in [-0.15, -0.1) is 0 Å². The van der Waals surface area contributed by atoms with Crippen molar-refractivity contribution in [3.63, 3.8) is 0 Å². The summed E-state index contributed by atoms with van der Waals surface area (Å²) in [7, 11) is -1.46. The molecule has 1 fully saturated rings. The summed E-state index contributed by atoms with van der Waals surface area (Å²) >= 11 is 0. The number of likely N-dealkylation sites (N-methyl/N-ethyl adjacent to an activating group) is 1. The van der Waals surface area contributed by atoms with E-state index in [2.05, 4.69) is 10.0 Å². The van der Waals surface area contributed by atoms with Gasteiger partial charge >= 0.3 is 6.08 Å². The van der Waals surface area contributed by atoms with Crippen LogP contribution in [-0.4, -0.2) is 69.8 Å². The Balaban J connectivity index is 1.71. The molecule has 0 aliphatic carbocycles. The zero-order valence-electron chi connectivity index (χ0n) is 14.8. The summed E-state index contributed by atoms with van der Waals surface area (Å²) in [6.07, 6.45) is 0.207. The normalized spacial score (nSPS) is 19.8. The average molecular weight is 368 g/mol. The van der Waals surface area contributed by atoms with Gasteiger partial charge in [-0.2, -0.15) is 4.31 Å². The SMILES string of the molecule is CC(C)OC1=NN(c2ccc(S(=O)(=O)N3CCN(C)CC3)cc2)CO1. The van der Waals surface area contributed by atoms with Crippen molar-refractivity contribution in [3.8, 4) is 0 Å². The van der Waals surface area contributed by atoms with Crippen LogP contribution in [0, 0.1) is 0 Å². The van der Waals surface area contributed by atoms with Gasteiger partial charge in [0.05, 0.1) is 16.7 Å². The van der Waals surface area contributed by atoms with Gasteiger partial charge in [0.25, 0.3) is 0 Å². The molecule has 138 valence electrons. The van der Waals surface area contributed by atoms with Gasteiger partial charge in [0.2, 0.25) is 10.0 Å². The Hall–Kier alpha value is -1.84. The number of hydrazone groups is 1. The van der Waals surface area contributed by atoms with Gasteiger partial charge in [0.1, 0.15) is 0 Å². The first-order chi connectivity index (χ1) is 11.9. The highest BCUT2D eigenvalue weighted by Gasteiger charge is 2.28. The molecule has 0 amide bonds. The summed E-state index contributed by atoms with van der Waals surface area (Å²) in [5.74, 6) is 0. The van der Waals surface area contributed by atoms with E-state index >= 15 is 0 Å². The number of nitrogens with zero attached hydrogens (tertiary/aromatic N) is 4. The molecule has 0 spiro atoms. The summed E-state index contributed by atoms with van der Waals surface area (Å²) < 4.78 is 37.7. The molecule has 2 heterocycles. The Labute approximate surface area is 148 Å². The minimum absolute atomic E-state index is 0.0187. The fourth-order valence-electron chi connectivity index (χ4n) is 2.63. The van der Waals surface area contributed by atoms with Crippen LogP contribution in [0.1, 0.15) is 13.8 Å². The molecule has 0 unspecified atom stereocenters. The number of hydrogen-bond donors (Lipinski definition) is 0. The van der Waals surface area contributed by atoms with Crippen LogP contribution in [0.3, 0.4) is 0 Å². The minimum atomic E-state index is -3.46. The highest BCUT2D eigenvalue weighted by atomic mass is 32.2. The minimum Gasteiger partial charge on any atom is -0.447 e. The summed E-state index contributed by atoms with van der Waals surface area (Å²) in [6, 6.07) is 6.68. The van der Waals surface area contributed by atoms with E-state index < -0.39 is 10.0 Å². The number of hydrogen-bond acceptors (Lipinski definition) is 7. The van der Waals surface area contributed by atoms with Gasteiger partial charge in [-0.3, -0.25) is 0 Å². The zero-order chi connectivity index (χ0) is 18.0. The predicted molar refractivity (Wildman–Crippen MR) is 94.8 cm³/mol. The quantitative estimate of drug-likeness (QED) is 0.793. The molecule has 25 heavy (non-hydrogen) atoms. The largest absolute Gasteiger partial charge is 0.447 e. The van der Waals surface area contributed by atoms with Crippen molar-refractivity contribution in [1.29, 1.82) is 0 Å². The van der Waals surface area contributed by atoms with Crippen molar-refractivity contribution >= 4 is 21.8 Å². The monoisotopic (exact) mass is 368 g/mol. The van der Waals surface area contributed by atoms with Gasteiger partial charge in [-0.05, 0) is 45.2 Å². The van der Waals surface area contributed by atoms with Crippen LogP contribution >= 0.6 is 0 Å². The number of rotatable bonds is 4.